The molecule has 1 saturated carbocycles. The molecule has 1 heterocycles. The Bertz CT molecular complexity index is 385. The summed E-state index contributed by atoms with van der Waals surface area (Å²) >= 11 is 2.07. The number of hydrogen-bond acceptors (Lipinski definition) is 3. The van der Waals surface area contributed by atoms with Gasteiger partial charge in [-0.15, -0.1) is 0 Å². The fraction of sp³-hybridized carbons (Fsp3) is 0.824. The second-order valence-electron chi connectivity index (χ2n) is 6.16. The van der Waals surface area contributed by atoms with Crippen LogP contribution in [-0.4, -0.2) is 33.9 Å². The first-order valence-electron chi connectivity index (χ1n) is 8.68. The number of aromatic nitrogens is 2. The molecule has 1 aliphatic rings. The van der Waals surface area contributed by atoms with Crippen LogP contribution in [-0.2, 0) is 6.42 Å². The quantitative estimate of drug-likeness (QED) is 0.661. The zero-order valence-corrected chi connectivity index (χ0v) is 14.5. The molecular weight excluding hydrogens is 278 g/mol. The molecule has 3 nitrogen and oxygen atoms in total. The maximum absolute atomic E-state index is 4.84. The molecule has 120 valence electrons. The minimum absolute atomic E-state index is 0.563. The number of nitrogens with one attached hydrogen (secondary N) is 1. The summed E-state index contributed by atoms with van der Waals surface area (Å²) in [7, 11) is 0. The largest absolute Gasteiger partial charge is 0.313 e. The Kier molecular flexibility index (Phi) is 7.65. The zero-order valence-electron chi connectivity index (χ0n) is 13.7. The smallest absolute Gasteiger partial charge is 0.0640 e. The topological polar surface area (TPSA) is 29.9 Å². The van der Waals surface area contributed by atoms with Gasteiger partial charge in [-0.25, -0.2) is 0 Å². The second kappa shape index (κ2) is 9.52. The van der Waals surface area contributed by atoms with Crippen molar-refractivity contribution in [1.82, 2.24) is 15.1 Å². The first-order valence-corrected chi connectivity index (χ1v) is 9.84. The molecular formula is C17H31N3S. The fourth-order valence-corrected chi connectivity index (χ4v) is 3.99. The molecule has 0 aliphatic heterocycles. The van der Waals surface area contributed by atoms with Crippen LogP contribution in [0.25, 0.3) is 0 Å². The first kappa shape index (κ1) is 16.9. The van der Waals surface area contributed by atoms with E-state index in [0.717, 1.165) is 13.0 Å². The van der Waals surface area contributed by atoms with E-state index in [2.05, 4.69) is 47.9 Å². The van der Waals surface area contributed by atoms with E-state index in [1.165, 1.54) is 55.7 Å². The highest BCUT2D eigenvalue weighted by atomic mass is 32.2. The van der Waals surface area contributed by atoms with Gasteiger partial charge in [0.15, 0.2) is 0 Å². The SMILES string of the molecule is CCCNC(CSCCC)Cc1ccn(C2CCCC2)n1. The van der Waals surface area contributed by atoms with Gasteiger partial charge in [0.2, 0.25) is 0 Å². The molecule has 1 fully saturated rings. The monoisotopic (exact) mass is 309 g/mol. The molecule has 1 aromatic heterocycles. The molecule has 0 amide bonds. The van der Waals surface area contributed by atoms with Gasteiger partial charge in [-0.1, -0.05) is 26.7 Å². The molecule has 1 unspecified atom stereocenters. The summed E-state index contributed by atoms with van der Waals surface area (Å²) in [6, 6.07) is 3.45. The minimum Gasteiger partial charge on any atom is -0.313 e. The van der Waals surface area contributed by atoms with Gasteiger partial charge in [-0.3, -0.25) is 4.68 Å². The summed E-state index contributed by atoms with van der Waals surface area (Å²) in [5.74, 6) is 2.46. The predicted molar refractivity (Wildman–Crippen MR) is 93.1 cm³/mol. The van der Waals surface area contributed by atoms with Gasteiger partial charge in [0.25, 0.3) is 0 Å². The Morgan fingerprint density at radius 1 is 1.33 bits per heavy atom. The van der Waals surface area contributed by atoms with E-state index in [9.17, 15) is 0 Å². The standard InChI is InChI=1S/C17H31N3S/c1-3-10-18-16(14-21-12-4-2)13-15-9-11-20(19-15)17-7-5-6-8-17/h9,11,16-18H,3-8,10,12-14H2,1-2H3. The molecule has 0 spiro atoms. The molecule has 21 heavy (non-hydrogen) atoms. The average molecular weight is 310 g/mol. The summed E-state index contributed by atoms with van der Waals surface area (Å²) in [6.07, 6.45) is 11.1. The van der Waals surface area contributed by atoms with Crippen LogP contribution in [0, 0.1) is 0 Å². The molecule has 1 N–H and O–H groups in total. The van der Waals surface area contributed by atoms with Crippen LogP contribution in [0.4, 0.5) is 0 Å². The molecule has 1 aliphatic carbocycles. The van der Waals surface area contributed by atoms with Crippen molar-refractivity contribution in [1.29, 1.82) is 0 Å². The molecule has 1 atom stereocenters. The normalized spacial score (nSPS) is 17.4. The van der Waals surface area contributed by atoms with Gasteiger partial charge in [0.1, 0.15) is 0 Å². The number of hydrogen-bond donors (Lipinski definition) is 1. The van der Waals surface area contributed by atoms with Gasteiger partial charge in [0.05, 0.1) is 11.7 Å². The van der Waals surface area contributed by atoms with Crippen molar-refractivity contribution >= 4 is 11.8 Å². The summed E-state index contributed by atoms with van der Waals surface area (Å²) in [5, 5.41) is 8.52. The molecule has 2 rings (SSSR count). The lowest BCUT2D eigenvalue weighted by Crippen LogP contribution is -2.34. The Morgan fingerprint density at radius 2 is 2.14 bits per heavy atom. The van der Waals surface area contributed by atoms with Gasteiger partial charge in [-0.05, 0) is 44.0 Å². The van der Waals surface area contributed by atoms with Crippen LogP contribution < -0.4 is 5.32 Å². The van der Waals surface area contributed by atoms with E-state index in [-0.39, 0.29) is 0 Å². The van der Waals surface area contributed by atoms with E-state index in [0.29, 0.717) is 12.1 Å². The van der Waals surface area contributed by atoms with Crippen molar-refractivity contribution in [2.45, 2.75) is 70.9 Å². The zero-order chi connectivity index (χ0) is 14.9. The van der Waals surface area contributed by atoms with Crippen LogP contribution in [0.3, 0.4) is 0 Å². The highest BCUT2D eigenvalue weighted by molar-refractivity contribution is 7.99. The molecule has 0 aromatic carbocycles. The molecule has 0 saturated heterocycles. The van der Waals surface area contributed by atoms with Crippen LogP contribution in [0.15, 0.2) is 12.3 Å². The van der Waals surface area contributed by atoms with Gasteiger partial charge >= 0.3 is 0 Å². The summed E-state index contributed by atoms with van der Waals surface area (Å²) in [5.41, 5.74) is 1.26. The van der Waals surface area contributed by atoms with Gasteiger partial charge < -0.3 is 5.32 Å². The summed E-state index contributed by atoms with van der Waals surface area (Å²) in [4.78, 5) is 0. The van der Waals surface area contributed by atoms with Crippen molar-refractivity contribution in [3.63, 3.8) is 0 Å². The van der Waals surface area contributed by atoms with Crippen LogP contribution in [0.2, 0.25) is 0 Å². The van der Waals surface area contributed by atoms with E-state index in [4.69, 9.17) is 5.10 Å². The first-order chi connectivity index (χ1) is 10.3. The van der Waals surface area contributed by atoms with Crippen molar-refractivity contribution in [2.24, 2.45) is 0 Å². The third-order valence-corrected chi connectivity index (χ3v) is 5.50. The molecule has 1 aromatic rings. The number of thioether (sulfide) groups is 1. The lowest BCUT2D eigenvalue weighted by molar-refractivity contribution is 0.458. The Balaban J connectivity index is 1.85. The van der Waals surface area contributed by atoms with Gasteiger partial charge in [-0.2, -0.15) is 16.9 Å². The van der Waals surface area contributed by atoms with Crippen molar-refractivity contribution in [3.05, 3.63) is 18.0 Å². The second-order valence-corrected chi connectivity index (χ2v) is 7.31. The van der Waals surface area contributed by atoms with Crippen LogP contribution >= 0.6 is 11.8 Å². The fourth-order valence-electron chi connectivity index (χ4n) is 3.02. The number of rotatable bonds is 10. The highest BCUT2D eigenvalue weighted by Crippen LogP contribution is 2.28. The van der Waals surface area contributed by atoms with E-state index in [1.54, 1.807) is 0 Å². The lowest BCUT2D eigenvalue weighted by Gasteiger charge is -2.17. The third kappa shape index (κ3) is 5.67. The predicted octanol–water partition coefficient (Wildman–Crippen LogP) is 4.05. The maximum atomic E-state index is 4.84. The highest BCUT2D eigenvalue weighted by Gasteiger charge is 2.18. The third-order valence-electron chi connectivity index (χ3n) is 4.17. The van der Waals surface area contributed by atoms with E-state index >= 15 is 0 Å². The Labute approximate surface area is 134 Å². The molecule has 0 radical (unpaired) electrons. The van der Waals surface area contributed by atoms with Crippen LogP contribution in [0.5, 0.6) is 0 Å². The average Bonchev–Trinajstić information content (AvgIpc) is 3.15. The van der Waals surface area contributed by atoms with Crippen molar-refractivity contribution in [3.8, 4) is 0 Å². The van der Waals surface area contributed by atoms with E-state index in [1.807, 2.05) is 0 Å². The molecule has 0 bridgehead atoms. The van der Waals surface area contributed by atoms with Crippen molar-refractivity contribution in [2.75, 3.05) is 18.1 Å². The van der Waals surface area contributed by atoms with Crippen LogP contribution in [0.1, 0.15) is 64.1 Å². The minimum atomic E-state index is 0.563. The summed E-state index contributed by atoms with van der Waals surface area (Å²) in [6.45, 7) is 5.60. The molecule has 4 heteroatoms. The van der Waals surface area contributed by atoms with Crippen molar-refractivity contribution < 1.29 is 0 Å². The lowest BCUT2D eigenvalue weighted by atomic mass is 10.2. The maximum Gasteiger partial charge on any atom is 0.0640 e. The van der Waals surface area contributed by atoms with E-state index < -0.39 is 0 Å². The Hall–Kier alpha value is -0.480. The Morgan fingerprint density at radius 3 is 2.86 bits per heavy atom. The number of nitrogens with zero attached hydrogens (tertiary/aromatic N) is 2. The van der Waals surface area contributed by atoms with Gasteiger partial charge in [0, 0.05) is 24.4 Å². The summed E-state index contributed by atoms with van der Waals surface area (Å²) < 4.78 is 2.22.